The Morgan fingerprint density at radius 3 is 2.39 bits per heavy atom. The molecule has 0 heterocycles. The van der Waals surface area contributed by atoms with Crippen molar-refractivity contribution in [3.8, 4) is 5.75 Å². The van der Waals surface area contributed by atoms with Crippen LogP contribution in [0.1, 0.15) is 11.1 Å². The van der Waals surface area contributed by atoms with E-state index in [-0.39, 0.29) is 17.1 Å². The van der Waals surface area contributed by atoms with Gasteiger partial charge in [0.2, 0.25) is 0 Å². The molecule has 0 aliphatic rings. The van der Waals surface area contributed by atoms with Gasteiger partial charge in [0.1, 0.15) is 17.4 Å². The smallest absolute Gasteiger partial charge is 0.264 e. The molecule has 0 bridgehead atoms. The van der Waals surface area contributed by atoms with Crippen molar-refractivity contribution in [3.05, 3.63) is 89.5 Å². The minimum Gasteiger partial charge on any atom is -0.497 e. The Hall–Kier alpha value is -2.93. The van der Waals surface area contributed by atoms with Crippen LogP contribution in [0.25, 0.3) is 0 Å². The zero-order valence-electron chi connectivity index (χ0n) is 15.4. The van der Waals surface area contributed by atoms with Crippen molar-refractivity contribution >= 4 is 15.7 Å². The molecule has 0 unspecified atom stereocenters. The van der Waals surface area contributed by atoms with Gasteiger partial charge in [0.05, 0.1) is 24.2 Å². The number of benzene rings is 3. The van der Waals surface area contributed by atoms with E-state index < -0.39 is 21.7 Å². The van der Waals surface area contributed by atoms with Gasteiger partial charge >= 0.3 is 0 Å². The van der Waals surface area contributed by atoms with Crippen molar-refractivity contribution in [2.24, 2.45) is 0 Å². The first-order valence-corrected chi connectivity index (χ1v) is 9.92. The summed E-state index contributed by atoms with van der Waals surface area (Å²) in [6.07, 6.45) is 0. The number of hydrogen-bond donors (Lipinski definition) is 0. The van der Waals surface area contributed by atoms with E-state index in [0.717, 1.165) is 10.4 Å². The Bertz CT molecular complexity index is 1100. The second kappa shape index (κ2) is 7.98. The number of anilines is 1. The maximum absolute atomic E-state index is 14.2. The Labute approximate surface area is 163 Å². The highest BCUT2D eigenvalue weighted by molar-refractivity contribution is 7.92. The molecule has 0 aliphatic heterocycles. The first kappa shape index (κ1) is 19.8. The van der Waals surface area contributed by atoms with Crippen LogP contribution in [0.3, 0.4) is 0 Å². The molecule has 3 aromatic carbocycles. The van der Waals surface area contributed by atoms with Crippen molar-refractivity contribution < 1.29 is 21.9 Å². The van der Waals surface area contributed by atoms with E-state index in [1.165, 1.54) is 49.6 Å². The maximum atomic E-state index is 14.2. The molecule has 3 rings (SSSR count). The number of sulfonamides is 1. The topological polar surface area (TPSA) is 46.6 Å². The van der Waals surface area contributed by atoms with Gasteiger partial charge in [0, 0.05) is 6.07 Å². The van der Waals surface area contributed by atoms with Crippen LogP contribution in [0.5, 0.6) is 5.75 Å². The van der Waals surface area contributed by atoms with Crippen molar-refractivity contribution in [3.63, 3.8) is 0 Å². The van der Waals surface area contributed by atoms with Gasteiger partial charge < -0.3 is 4.74 Å². The molecule has 0 atom stereocenters. The SMILES string of the molecule is COc1cccc(S(=O)(=O)N(Cc2cccc(F)c2)c2ccc(C)c(F)c2)c1. The summed E-state index contributed by atoms with van der Waals surface area (Å²) in [4.78, 5) is -0.00997. The molecule has 0 amide bonds. The van der Waals surface area contributed by atoms with E-state index in [1.54, 1.807) is 25.1 Å². The molecule has 0 saturated heterocycles. The van der Waals surface area contributed by atoms with Gasteiger partial charge in [-0.05, 0) is 54.4 Å². The molecule has 146 valence electrons. The predicted octanol–water partition coefficient (Wildman–Crippen LogP) is 4.68. The van der Waals surface area contributed by atoms with E-state index in [0.29, 0.717) is 16.9 Å². The zero-order valence-corrected chi connectivity index (χ0v) is 16.2. The quantitative estimate of drug-likeness (QED) is 0.601. The Morgan fingerprint density at radius 1 is 0.964 bits per heavy atom. The van der Waals surface area contributed by atoms with Crippen LogP contribution in [0.4, 0.5) is 14.5 Å². The lowest BCUT2D eigenvalue weighted by Crippen LogP contribution is -2.30. The van der Waals surface area contributed by atoms with Gasteiger partial charge in [-0.25, -0.2) is 17.2 Å². The summed E-state index contributed by atoms with van der Waals surface area (Å²) in [7, 11) is -2.63. The Morgan fingerprint density at radius 2 is 1.71 bits per heavy atom. The summed E-state index contributed by atoms with van der Waals surface area (Å²) >= 11 is 0. The fraction of sp³-hybridized carbons (Fsp3) is 0.143. The summed E-state index contributed by atoms with van der Waals surface area (Å²) < 4.78 is 60.6. The monoisotopic (exact) mass is 403 g/mol. The molecular formula is C21H19F2NO3S. The largest absolute Gasteiger partial charge is 0.497 e. The lowest BCUT2D eigenvalue weighted by atomic mass is 10.2. The highest BCUT2D eigenvalue weighted by atomic mass is 32.2. The Balaban J connectivity index is 2.12. The molecule has 0 N–H and O–H groups in total. The molecule has 0 radical (unpaired) electrons. The van der Waals surface area contributed by atoms with E-state index >= 15 is 0 Å². The van der Waals surface area contributed by atoms with E-state index in [2.05, 4.69) is 0 Å². The lowest BCUT2D eigenvalue weighted by Gasteiger charge is -2.25. The van der Waals surface area contributed by atoms with Gasteiger partial charge in [-0.15, -0.1) is 0 Å². The average molecular weight is 403 g/mol. The summed E-state index contributed by atoms with van der Waals surface area (Å²) in [5.41, 5.74) is 0.982. The van der Waals surface area contributed by atoms with Crippen LogP contribution in [0.15, 0.2) is 71.6 Å². The number of halogens is 2. The predicted molar refractivity (Wildman–Crippen MR) is 104 cm³/mol. The highest BCUT2D eigenvalue weighted by Crippen LogP contribution is 2.29. The second-order valence-corrected chi connectivity index (χ2v) is 8.12. The maximum Gasteiger partial charge on any atom is 0.264 e. The molecule has 0 aromatic heterocycles. The van der Waals surface area contributed by atoms with Gasteiger partial charge in [0.15, 0.2) is 0 Å². The van der Waals surface area contributed by atoms with E-state index in [9.17, 15) is 17.2 Å². The van der Waals surface area contributed by atoms with E-state index in [1.807, 2.05) is 0 Å². The van der Waals surface area contributed by atoms with Gasteiger partial charge in [-0.3, -0.25) is 4.31 Å². The number of hydrogen-bond acceptors (Lipinski definition) is 3. The van der Waals surface area contributed by atoms with Crippen LogP contribution in [-0.2, 0) is 16.6 Å². The van der Waals surface area contributed by atoms with Crippen LogP contribution >= 0.6 is 0 Å². The summed E-state index contributed by atoms with van der Waals surface area (Å²) in [6, 6.07) is 15.8. The summed E-state index contributed by atoms with van der Waals surface area (Å²) in [5, 5.41) is 0. The van der Waals surface area contributed by atoms with Crippen LogP contribution in [0.2, 0.25) is 0 Å². The molecule has 0 saturated carbocycles. The minimum absolute atomic E-state index is 0.00997. The molecule has 28 heavy (non-hydrogen) atoms. The zero-order chi connectivity index (χ0) is 20.3. The normalized spacial score (nSPS) is 11.3. The first-order chi connectivity index (χ1) is 13.3. The van der Waals surface area contributed by atoms with Gasteiger partial charge in [-0.2, -0.15) is 0 Å². The van der Waals surface area contributed by atoms with Gasteiger partial charge in [-0.1, -0.05) is 24.3 Å². The molecular weight excluding hydrogens is 384 g/mol. The molecule has 4 nitrogen and oxygen atoms in total. The number of aryl methyl sites for hydroxylation is 1. The standard InChI is InChI=1S/C21H19F2NO3S/c1-15-9-10-18(12-21(15)23)24(14-16-5-3-6-17(22)11-16)28(25,26)20-8-4-7-19(13-20)27-2/h3-13H,14H2,1-2H3. The van der Waals surface area contributed by atoms with Gasteiger partial charge in [0.25, 0.3) is 10.0 Å². The first-order valence-electron chi connectivity index (χ1n) is 8.48. The molecule has 0 spiro atoms. The average Bonchev–Trinajstić information content (AvgIpc) is 2.68. The third-order valence-electron chi connectivity index (χ3n) is 4.29. The fourth-order valence-electron chi connectivity index (χ4n) is 2.74. The number of ether oxygens (including phenoxy) is 1. The van der Waals surface area contributed by atoms with Crippen molar-refractivity contribution in [2.45, 2.75) is 18.4 Å². The third kappa shape index (κ3) is 4.14. The minimum atomic E-state index is -4.06. The van der Waals surface area contributed by atoms with Crippen molar-refractivity contribution in [2.75, 3.05) is 11.4 Å². The number of nitrogens with zero attached hydrogens (tertiary/aromatic N) is 1. The summed E-state index contributed by atoms with van der Waals surface area (Å²) in [5.74, 6) is -0.629. The Kier molecular flexibility index (Phi) is 5.65. The van der Waals surface area contributed by atoms with Crippen LogP contribution < -0.4 is 9.04 Å². The fourth-order valence-corrected chi connectivity index (χ4v) is 4.22. The number of rotatable bonds is 6. The lowest BCUT2D eigenvalue weighted by molar-refractivity contribution is 0.413. The van der Waals surface area contributed by atoms with Crippen molar-refractivity contribution in [1.82, 2.24) is 0 Å². The van der Waals surface area contributed by atoms with E-state index in [4.69, 9.17) is 4.74 Å². The van der Waals surface area contributed by atoms with Crippen LogP contribution in [0, 0.1) is 18.6 Å². The molecule has 7 heteroatoms. The molecule has 0 fully saturated rings. The third-order valence-corrected chi connectivity index (χ3v) is 6.06. The summed E-state index contributed by atoms with van der Waals surface area (Å²) in [6.45, 7) is 1.44. The number of methoxy groups -OCH3 is 1. The molecule has 3 aromatic rings. The van der Waals surface area contributed by atoms with Crippen LogP contribution in [-0.4, -0.2) is 15.5 Å². The molecule has 0 aliphatic carbocycles. The van der Waals surface area contributed by atoms with Crippen molar-refractivity contribution in [1.29, 1.82) is 0 Å². The highest BCUT2D eigenvalue weighted by Gasteiger charge is 2.26. The second-order valence-electron chi connectivity index (χ2n) is 6.25.